The summed E-state index contributed by atoms with van der Waals surface area (Å²) in [7, 11) is 0. The molecule has 7 heteroatoms. The van der Waals surface area contributed by atoms with E-state index in [0.717, 1.165) is 21.3 Å². The number of nitrogens with one attached hydrogen (secondary N) is 2. The molecule has 0 unspecified atom stereocenters. The number of amidine groups is 1. The van der Waals surface area contributed by atoms with Gasteiger partial charge < -0.3 is 15.0 Å². The van der Waals surface area contributed by atoms with Gasteiger partial charge >= 0.3 is 0 Å². The Morgan fingerprint density at radius 2 is 1.89 bits per heavy atom. The van der Waals surface area contributed by atoms with Gasteiger partial charge in [-0.3, -0.25) is 10.2 Å². The molecule has 6 nitrogen and oxygen atoms in total. The molecule has 1 aliphatic rings. The summed E-state index contributed by atoms with van der Waals surface area (Å²) in [5, 5.41) is 19.5. The third kappa shape index (κ3) is 3.04. The van der Waals surface area contributed by atoms with E-state index >= 15 is 0 Å². The summed E-state index contributed by atoms with van der Waals surface area (Å²) in [5.74, 6) is 0.320. The molecule has 0 spiro atoms. The number of halogens is 1. The normalized spacial score (nSPS) is 14.5. The molecule has 0 atom stereocenters. The number of benzene rings is 2. The Morgan fingerprint density at radius 1 is 1.19 bits per heavy atom. The minimum atomic E-state index is -0.311. The number of aromatic amines is 1. The number of nitrogens with zero attached hydrogens (tertiary/aromatic N) is 2. The van der Waals surface area contributed by atoms with Crippen molar-refractivity contribution >= 4 is 43.9 Å². The van der Waals surface area contributed by atoms with Crippen LogP contribution in [-0.2, 0) is 0 Å². The maximum Gasteiger partial charge on any atom is 0.259 e. The van der Waals surface area contributed by atoms with E-state index < -0.39 is 0 Å². The van der Waals surface area contributed by atoms with E-state index in [1.807, 2.05) is 26.0 Å². The lowest BCUT2D eigenvalue weighted by Crippen LogP contribution is -2.27. The van der Waals surface area contributed by atoms with E-state index in [-0.39, 0.29) is 35.1 Å². The molecule has 4 rings (SSSR count). The smallest absolute Gasteiger partial charge is 0.259 e. The van der Waals surface area contributed by atoms with Crippen molar-refractivity contribution in [3.05, 3.63) is 73.9 Å². The second-order valence-corrected chi connectivity index (χ2v) is 7.59. The molecular weight excluding hydrogens is 408 g/mol. The number of fused-ring (bicyclic) bond motifs is 1. The van der Waals surface area contributed by atoms with Crippen LogP contribution in [-0.4, -0.2) is 27.5 Å². The van der Waals surface area contributed by atoms with Gasteiger partial charge in [0.2, 0.25) is 0 Å². The van der Waals surface area contributed by atoms with Crippen molar-refractivity contribution < 1.29 is 5.11 Å². The highest BCUT2D eigenvalue weighted by Gasteiger charge is 2.31. The Balaban J connectivity index is 1.79. The SMILES string of the molecule is Cc1cc(C)cc(N2CC(O)=C(c3nc4ccc(Br)cc4c(=O)[nH]3)C2=N)c1. The summed E-state index contributed by atoms with van der Waals surface area (Å²) < 4.78 is 0.784. The highest BCUT2D eigenvalue weighted by Crippen LogP contribution is 2.31. The zero-order valence-corrected chi connectivity index (χ0v) is 16.4. The largest absolute Gasteiger partial charge is 0.509 e. The van der Waals surface area contributed by atoms with Gasteiger partial charge in [-0.1, -0.05) is 22.0 Å². The molecule has 1 aromatic heterocycles. The molecule has 0 amide bonds. The Hall–Kier alpha value is -2.93. The Morgan fingerprint density at radius 3 is 2.59 bits per heavy atom. The first kappa shape index (κ1) is 17.5. The van der Waals surface area contributed by atoms with Crippen molar-refractivity contribution in [3.8, 4) is 0 Å². The van der Waals surface area contributed by atoms with E-state index in [9.17, 15) is 9.90 Å². The van der Waals surface area contributed by atoms with Gasteiger partial charge in [0, 0.05) is 10.2 Å². The minimum Gasteiger partial charge on any atom is -0.509 e. The van der Waals surface area contributed by atoms with E-state index in [1.165, 1.54) is 0 Å². The number of hydrogen-bond donors (Lipinski definition) is 3. The number of aromatic nitrogens is 2. The Bertz CT molecular complexity index is 1180. The molecule has 3 aromatic rings. The van der Waals surface area contributed by atoms with Crippen LogP contribution in [0.2, 0.25) is 0 Å². The maximum absolute atomic E-state index is 12.5. The van der Waals surface area contributed by atoms with Crippen molar-refractivity contribution in [2.75, 3.05) is 11.4 Å². The molecule has 0 aliphatic carbocycles. The van der Waals surface area contributed by atoms with Crippen LogP contribution in [0.5, 0.6) is 0 Å². The first-order chi connectivity index (χ1) is 12.8. The first-order valence-electron chi connectivity index (χ1n) is 8.40. The average Bonchev–Trinajstić information content (AvgIpc) is 2.89. The predicted octanol–water partition coefficient (Wildman–Crippen LogP) is 4.07. The van der Waals surface area contributed by atoms with Crippen LogP contribution >= 0.6 is 15.9 Å². The number of aliphatic hydroxyl groups is 1. The Labute approximate surface area is 163 Å². The summed E-state index contributed by atoms with van der Waals surface area (Å²) in [6.45, 7) is 4.15. The third-order valence-electron chi connectivity index (χ3n) is 4.53. The lowest BCUT2D eigenvalue weighted by atomic mass is 10.1. The van der Waals surface area contributed by atoms with Gasteiger partial charge in [-0.15, -0.1) is 0 Å². The Kier molecular flexibility index (Phi) is 4.11. The van der Waals surface area contributed by atoms with Crippen LogP contribution in [0.4, 0.5) is 5.69 Å². The van der Waals surface area contributed by atoms with Crippen LogP contribution in [0.25, 0.3) is 16.5 Å². The molecular formula is C20H17BrN4O2. The van der Waals surface area contributed by atoms with Gasteiger partial charge in [0.25, 0.3) is 5.56 Å². The highest BCUT2D eigenvalue weighted by atomic mass is 79.9. The first-order valence-corrected chi connectivity index (χ1v) is 9.19. The fraction of sp³-hybridized carbons (Fsp3) is 0.150. The number of anilines is 1. The third-order valence-corrected chi connectivity index (χ3v) is 5.02. The molecule has 0 fully saturated rings. The predicted molar refractivity (Wildman–Crippen MR) is 111 cm³/mol. The standard InChI is InChI=1S/C20H17BrN4O2/c1-10-5-11(2)7-13(6-10)25-9-16(26)17(18(25)22)19-23-15-4-3-12(21)8-14(15)20(27)24-19/h3-8,22,26H,9H2,1-2H3,(H,23,24,27). The number of aliphatic hydroxyl groups excluding tert-OH is 1. The van der Waals surface area contributed by atoms with Crippen molar-refractivity contribution in [2.45, 2.75) is 13.8 Å². The fourth-order valence-electron chi connectivity index (χ4n) is 3.38. The minimum absolute atomic E-state index is 0.0128. The van der Waals surface area contributed by atoms with Gasteiger partial charge in [-0.2, -0.15) is 0 Å². The monoisotopic (exact) mass is 424 g/mol. The number of H-pyrrole nitrogens is 1. The van der Waals surface area contributed by atoms with Crippen LogP contribution in [0.3, 0.4) is 0 Å². The zero-order chi connectivity index (χ0) is 19.3. The van der Waals surface area contributed by atoms with Crippen LogP contribution in [0, 0.1) is 19.3 Å². The number of hydrogen-bond acceptors (Lipinski definition) is 4. The van der Waals surface area contributed by atoms with Gasteiger partial charge in [-0.05, 0) is 55.3 Å². The highest BCUT2D eigenvalue weighted by molar-refractivity contribution is 9.10. The van der Waals surface area contributed by atoms with E-state index in [1.54, 1.807) is 23.1 Å². The van der Waals surface area contributed by atoms with Gasteiger partial charge in [0.15, 0.2) is 0 Å². The average molecular weight is 425 g/mol. The topological polar surface area (TPSA) is 93.1 Å². The molecule has 2 aromatic carbocycles. The van der Waals surface area contributed by atoms with Gasteiger partial charge in [0.1, 0.15) is 17.4 Å². The molecule has 0 bridgehead atoms. The van der Waals surface area contributed by atoms with E-state index in [2.05, 4.69) is 32.0 Å². The van der Waals surface area contributed by atoms with Gasteiger partial charge in [0.05, 0.1) is 23.0 Å². The lowest BCUT2D eigenvalue weighted by molar-refractivity contribution is 0.411. The van der Waals surface area contributed by atoms with Crippen LogP contribution < -0.4 is 10.5 Å². The summed E-state index contributed by atoms with van der Waals surface area (Å²) in [5.41, 5.74) is 3.42. The quantitative estimate of drug-likeness (QED) is 0.577. The van der Waals surface area contributed by atoms with E-state index in [0.29, 0.717) is 10.9 Å². The molecule has 0 saturated carbocycles. The van der Waals surface area contributed by atoms with E-state index in [4.69, 9.17) is 5.41 Å². The van der Waals surface area contributed by atoms with Crippen LogP contribution in [0.1, 0.15) is 17.0 Å². The number of aryl methyl sites for hydroxylation is 2. The van der Waals surface area contributed by atoms with Crippen molar-refractivity contribution in [2.24, 2.45) is 0 Å². The summed E-state index contributed by atoms with van der Waals surface area (Å²) >= 11 is 3.35. The molecule has 0 radical (unpaired) electrons. The second-order valence-electron chi connectivity index (χ2n) is 6.68. The second kappa shape index (κ2) is 6.35. The number of rotatable bonds is 2. The molecule has 0 saturated heterocycles. The zero-order valence-electron chi connectivity index (χ0n) is 14.8. The molecule has 1 aliphatic heterocycles. The van der Waals surface area contributed by atoms with Gasteiger partial charge in [-0.25, -0.2) is 4.98 Å². The van der Waals surface area contributed by atoms with Crippen LogP contribution in [0.15, 0.2) is 51.4 Å². The molecule has 136 valence electrons. The summed E-state index contributed by atoms with van der Waals surface area (Å²) in [6, 6.07) is 11.2. The van der Waals surface area contributed by atoms with Crippen molar-refractivity contribution in [1.29, 1.82) is 5.41 Å². The summed E-state index contributed by atoms with van der Waals surface area (Å²) in [6.07, 6.45) is 0. The molecule has 27 heavy (non-hydrogen) atoms. The molecule has 3 N–H and O–H groups in total. The van der Waals surface area contributed by atoms with Crippen molar-refractivity contribution in [1.82, 2.24) is 9.97 Å². The molecule has 2 heterocycles. The van der Waals surface area contributed by atoms with Crippen molar-refractivity contribution in [3.63, 3.8) is 0 Å². The fourth-order valence-corrected chi connectivity index (χ4v) is 3.75. The lowest BCUT2D eigenvalue weighted by Gasteiger charge is -2.20. The summed E-state index contributed by atoms with van der Waals surface area (Å²) in [4.78, 5) is 21.3. The maximum atomic E-state index is 12.5.